The molecule has 0 unspecified atom stereocenters. The lowest BCUT2D eigenvalue weighted by Crippen LogP contribution is -2.31. The highest BCUT2D eigenvalue weighted by Gasteiger charge is 2.11. The fraction of sp³-hybridized carbons (Fsp3) is 0. The van der Waals surface area contributed by atoms with Crippen LogP contribution in [0.5, 0.6) is 0 Å². The Morgan fingerprint density at radius 3 is 2.64 bits per heavy atom. The average molecular weight is 356 g/mol. The number of rotatable bonds is 5. The number of hydrazine groups is 1. The Kier molecular flexibility index (Phi) is 4.91. The molecule has 0 aliphatic heterocycles. The van der Waals surface area contributed by atoms with Crippen LogP contribution >= 0.6 is 11.6 Å². The van der Waals surface area contributed by atoms with Crippen molar-refractivity contribution in [3.8, 4) is 0 Å². The Morgan fingerprint density at radius 1 is 1.04 bits per heavy atom. The number of nitrogens with zero attached hydrogens (tertiary/aromatic N) is 3. The predicted molar refractivity (Wildman–Crippen MR) is 96.5 cm³/mol. The van der Waals surface area contributed by atoms with Gasteiger partial charge >= 0.3 is 0 Å². The summed E-state index contributed by atoms with van der Waals surface area (Å²) in [5.41, 5.74) is 12.4. The number of amides is 1. The number of pyridine rings is 1. The lowest BCUT2D eigenvalue weighted by Gasteiger charge is -2.13. The molecule has 0 aliphatic rings. The van der Waals surface area contributed by atoms with Gasteiger partial charge < -0.3 is 11.1 Å². The van der Waals surface area contributed by atoms with Gasteiger partial charge in [0.1, 0.15) is 17.7 Å². The number of nitrogen functional groups attached to an aromatic ring is 1. The van der Waals surface area contributed by atoms with E-state index in [-0.39, 0.29) is 17.2 Å². The topological polar surface area (TPSA) is 118 Å². The molecule has 0 saturated carbocycles. The Hall–Kier alpha value is -3.39. The van der Waals surface area contributed by atoms with E-state index >= 15 is 0 Å². The molecule has 0 spiro atoms. The summed E-state index contributed by atoms with van der Waals surface area (Å²) in [6, 6.07) is 12.1. The van der Waals surface area contributed by atoms with Crippen LogP contribution in [0.3, 0.4) is 0 Å². The molecule has 0 bridgehead atoms. The number of nitrogens with one attached hydrogen (secondary N) is 3. The van der Waals surface area contributed by atoms with Crippen molar-refractivity contribution in [3.63, 3.8) is 0 Å². The first kappa shape index (κ1) is 16.5. The van der Waals surface area contributed by atoms with E-state index in [1.54, 1.807) is 36.4 Å². The van der Waals surface area contributed by atoms with Crippen molar-refractivity contribution in [1.29, 1.82) is 0 Å². The first-order chi connectivity index (χ1) is 12.1. The number of carbonyl (C=O) groups is 1. The number of carbonyl (C=O) groups excluding carboxylic acids is 1. The first-order valence-electron chi connectivity index (χ1n) is 7.24. The molecule has 8 nitrogen and oxygen atoms in total. The van der Waals surface area contributed by atoms with E-state index in [1.165, 1.54) is 12.5 Å². The van der Waals surface area contributed by atoms with Gasteiger partial charge in [-0.15, -0.1) is 0 Å². The lowest BCUT2D eigenvalue weighted by molar-refractivity contribution is 0.0957. The number of benzene rings is 1. The molecule has 25 heavy (non-hydrogen) atoms. The molecule has 3 aromatic rings. The highest BCUT2D eigenvalue weighted by atomic mass is 35.5. The summed E-state index contributed by atoms with van der Waals surface area (Å²) in [5, 5.41) is 3.63. The molecule has 9 heteroatoms. The van der Waals surface area contributed by atoms with Crippen LogP contribution in [0.25, 0.3) is 0 Å². The molecule has 0 atom stereocenters. The third kappa shape index (κ3) is 4.12. The van der Waals surface area contributed by atoms with Crippen LogP contribution < -0.4 is 21.9 Å². The van der Waals surface area contributed by atoms with Crippen LogP contribution in [0.2, 0.25) is 5.02 Å². The molecule has 0 aliphatic carbocycles. The maximum atomic E-state index is 12.0. The van der Waals surface area contributed by atoms with Gasteiger partial charge in [-0.2, -0.15) is 0 Å². The fourth-order valence-corrected chi connectivity index (χ4v) is 2.17. The van der Waals surface area contributed by atoms with E-state index < -0.39 is 5.91 Å². The van der Waals surface area contributed by atoms with Crippen molar-refractivity contribution in [1.82, 2.24) is 20.4 Å². The monoisotopic (exact) mass is 355 g/mol. The SMILES string of the molecule is Nc1c(NNC(=O)c2ccccn2)ncnc1Nc1cccc(Cl)c1. The van der Waals surface area contributed by atoms with Crippen LogP contribution in [0.4, 0.5) is 23.0 Å². The number of nitrogens with two attached hydrogens (primary N) is 1. The van der Waals surface area contributed by atoms with Crippen molar-refractivity contribution >= 4 is 40.5 Å². The van der Waals surface area contributed by atoms with E-state index in [0.29, 0.717) is 10.8 Å². The number of hydrogen-bond acceptors (Lipinski definition) is 7. The lowest BCUT2D eigenvalue weighted by atomic mass is 10.3. The number of aromatic nitrogens is 3. The Balaban J connectivity index is 1.72. The molecule has 126 valence electrons. The Morgan fingerprint density at radius 2 is 1.88 bits per heavy atom. The molecule has 0 fully saturated rings. The van der Waals surface area contributed by atoms with E-state index in [2.05, 4.69) is 31.1 Å². The van der Waals surface area contributed by atoms with Gasteiger partial charge in [-0.05, 0) is 30.3 Å². The minimum Gasteiger partial charge on any atom is -0.393 e. The van der Waals surface area contributed by atoms with E-state index in [1.807, 2.05) is 6.07 Å². The Bertz CT molecular complexity index is 889. The van der Waals surface area contributed by atoms with Crippen LogP contribution in [0.15, 0.2) is 55.0 Å². The molecular formula is C16H14ClN7O. The second-order valence-corrected chi connectivity index (χ2v) is 5.35. The summed E-state index contributed by atoms with van der Waals surface area (Å²) < 4.78 is 0. The van der Waals surface area contributed by atoms with Crippen molar-refractivity contribution in [2.24, 2.45) is 0 Å². The normalized spacial score (nSPS) is 10.1. The Labute approximate surface area is 148 Å². The number of hydrogen-bond donors (Lipinski definition) is 4. The zero-order valence-corrected chi connectivity index (χ0v) is 13.7. The van der Waals surface area contributed by atoms with Gasteiger partial charge in [-0.25, -0.2) is 9.97 Å². The van der Waals surface area contributed by atoms with Gasteiger partial charge in [-0.3, -0.25) is 20.6 Å². The van der Waals surface area contributed by atoms with E-state index in [0.717, 1.165) is 5.69 Å². The molecule has 1 aromatic carbocycles. The number of anilines is 4. The van der Waals surface area contributed by atoms with Crippen molar-refractivity contribution in [2.45, 2.75) is 0 Å². The molecule has 5 N–H and O–H groups in total. The van der Waals surface area contributed by atoms with Gasteiger partial charge in [0.15, 0.2) is 11.6 Å². The average Bonchev–Trinajstić information content (AvgIpc) is 2.63. The van der Waals surface area contributed by atoms with Crippen LogP contribution in [0.1, 0.15) is 10.5 Å². The molecule has 3 rings (SSSR count). The van der Waals surface area contributed by atoms with Crippen molar-refractivity contribution in [3.05, 3.63) is 65.7 Å². The molecular weight excluding hydrogens is 342 g/mol. The van der Waals surface area contributed by atoms with Gasteiger partial charge in [0.2, 0.25) is 0 Å². The quantitative estimate of drug-likeness (QED) is 0.519. The summed E-state index contributed by atoms with van der Waals surface area (Å²) in [7, 11) is 0. The second kappa shape index (κ2) is 7.45. The molecule has 0 radical (unpaired) electrons. The van der Waals surface area contributed by atoms with Gasteiger partial charge in [-0.1, -0.05) is 23.7 Å². The van der Waals surface area contributed by atoms with E-state index in [4.69, 9.17) is 17.3 Å². The fourth-order valence-electron chi connectivity index (χ4n) is 1.97. The van der Waals surface area contributed by atoms with Gasteiger partial charge in [0.25, 0.3) is 5.91 Å². The predicted octanol–water partition coefficient (Wildman–Crippen LogP) is 2.61. The molecule has 1 amide bonds. The molecule has 2 heterocycles. The summed E-state index contributed by atoms with van der Waals surface area (Å²) in [6.07, 6.45) is 2.85. The first-order valence-corrected chi connectivity index (χ1v) is 7.62. The molecule has 2 aromatic heterocycles. The molecule has 0 saturated heterocycles. The minimum atomic E-state index is -0.414. The maximum absolute atomic E-state index is 12.0. The van der Waals surface area contributed by atoms with Crippen molar-refractivity contribution in [2.75, 3.05) is 16.5 Å². The van der Waals surface area contributed by atoms with Gasteiger partial charge in [0.05, 0.1) is 0 Å². The smallest absolute Gasteiger partial charge is 0.288 e. The zero-order valence-electron chi connectivity index (χ0n) is 12.9. The largest absolute Gasteiger partial charge is 0.393 e. The minimum absolute atomic E-state index is 0.240. The van der Waals surface area contributed by atoms with Crippen LogP contribution in [-0.4, -0.2) is 20.9 Å². The summed E-state index contributed by atoms with van der Waals surface area (Å²) in [6.45, 7) is 0. The number of halogens is 1. The van der Waals surface area contributed by atoms with Crippen LogP contribution in [0, 0.1) is 0 Å². The zero-order chi connectivity index (χ0) is 17.6. The third-order valence-electron chi connectivity index (χ3n) is 3.16. The van der Waals surface area contributed by atoms with E-state index in [9.17, 15) is 4.79 Å². The van der Waals surface area contributed by atoms with Gasteiger partial charge in [0, 0.05) is 16.9 Å². The highest BCUT2D eigenvalue weighted by molar-refractivity contribution is 6.30. The van der Waals surface area contributed by atoms with Crippen LogP contribution in [-0.2, 0) is 0 Å². The summed E-state index contributed by atoms with van der Waals surface area (Å²) in [4.78, 5) is 24.1. The summed E-state index contributed by atoms with van der Waals surface area (Å²) >= 11 is 5.96. The maximum Gasteiger partial charge on any atom is 0.288 e. The summed E-state index contributed by atoms with van der Waals surface area (Å²) in [5.74, 6) is 0.221. The third-order valence-corrected chi connectivity index (χ3v) is 3.40. The highest BCUT2D eigenvalue weighted by Crippen LogP contribution is 2.26. The van der Waals surface area contributed by atoms with Crippen molar-refractivity contribution < 1.29 is 4.79 Å². The second-order valence-electron chi connectivity index (χ2n) is 4.91. The standard InChI is InChI=1S/C16H14ClN7O/c17-10-4-3-5-11(8-10)22-14-13(18)15(21-9-20-14)23-24-16(25)12-6-1-2-7-19-12/h1-9H,18H2,(H,24,25)(H2,20,21,22,23).